The summed E-state index contributed by atoms with van der Waals surface area (Å²) in [6, 6.07) is -0.604. The Morgan fingerprint density at radius 2 is 1.89 bits per heavy atom. The van der Waals surface area contributed by atoms with Crippen molar-refractivity contribution < 1.29 is 14.3 Å². The number of hydrogen-bond donors (Lipinski definition) is 2. The number of nitrogens with two attached hydrogens (primary N) is 1. The zero-order chi connectivity index (χ0) is 14.7. The van der Waals surface area contributed by atoms with E-state index in [9.17, 15) is 9.59 Å². The molecular formula is C13H20N2O3S. The SMILES string of the molecule is COC(=O)c1c(NC(=O)C(N)C(C)C)sc(C)c1C. The number of ether oxygens (including phenoxy) is 1. The van der Waals surface area contributed by atoms with E-state index in [-0.39, 0.29) is 11.8 Å². The molecule has 0 bridgehead atoms. The summed E-state index contributed by atoms with van der Waals surface area (Å²) < 4.78 is 4.75. The molecule has 0 aliphatic carbocycles. The highest BCUT2D eigenvalue weighted by Gasteiger charge is 2.24. The summed E-state index contributed by atoms with van der Waals surface area (Å²) in [6.45, 7) is 7.47. The normalized spacial score (nSPS) is 12.4. The van der Waals surface area contributed by atoms with E-state index in [1.165, 1.54) is 18.4 Å². The van der Waals surface area contributed by atoms with E-state index in [0.717, 1.165) is 10.4 Å². The summed E-state index contributed by atoms with van der Waals surface area (Å²) >= 11 is 1.35. The van der Waals surface area contributed by atoms with E-state index in [1.54, 1.807) is 0 Å². The molecular weight excluding hydrogens is 264 g/mol. The summed E-state index contributed by atoms with van der Waals surface area (Å²) in [7, 11) is 1.32. The summed E-state index contributed by atoms with van der Waals surface area (Å²) in [4.78, 5) is 24.7. The Hall–Kier alpha value is -1.40. The van der Waals surface area contributed by atoms with E-state index in [0.29, 0.717) is 10.6 Å². The second-order valence-corrected chi connectivity index (χ2v) is 5.96. The van der Waals surface area contributed by atoms with Gasteiger partial charge in [-0.05, 0) is 25.3 Å². The minimum absolute atomic E-state index is 0.0312. The monoisotopic (exact) mass is 284 g/mol. The number of thiophene rings is 1. The highest BCUT2D eigenvalue weighted by Crippen LogP contribution is 2.33. The molecule has 106 valence electrons. The van der Waals surface area contributed by atoms with E-state index in [1.807, 2.05) is 27.7 Å². The second-order valence-electron chi connectivity index (χ2n) is 4.74. The van der Waals surface area contributed by atoms with Crippen molar-refractivity contribution in [3.05, 3.63) is 16.0 Å². The van der Waals surface area contributed by atoms with Crippen LogP contribution in [0.25, 0.3) is 0 Å². The lowest BCUT2D eigenvalue weighted by Gasteiger charge is -2.15. The van der Waals surface area contributed by atoms with Crippen molar-refractivity contribution in [1.82, 2.24) is 0 Å². The van der Waals surface area contributed by atoms with Crippen molar-refractivity contribution in [2.24, 2.45) is 11.7 Å². The molecule has 19 heavy (non-hydrogen) atoms. The third-order valence-corrected chi connectivity index (χ3v) is 4.16. The molecule has 0 aliphatic rings. The average Bonchev–Trinajstić information content (AvgIpc) is 2.62. The van der Waals surface area contributed by atoms with Crippen LogP contribution in [0.15, 0.2) is 0 Å². The molecule has 1 heterocycles. The molecule has 0 spiro atoms. The first-order valence-electron chi connectivity index (χ1n) is 6.04. The Morgan fingerprint density at radius 1 is 1.32 bits per heavy atom. The number of nitrogens with one attached hydrogen (secondary N) is 1. The first-order valence-corrected chi connectivity index (χ1v) is 6.86. The number of carbonyl (C=O) groups is 2. The molecule has 1 aromatic rings. The first kappa shape index (κ1) is 15.7. The summed E-state index contributed by atoms with van der Waals surface area (Å²) in [5, 5.41) is 3.23. The first-order chi connectivity index (χ1) is 8.79. The summed E-state index contributed by atoms with van der Waals surface area (Å²) in [5.74, 6) is -0.708. The molecule has 3 N–H and O–H groups in total. The molecule has 5 nitrogen and oxygen atoms in total. The minimum Gasteiger partial charge on any atom is -0.465 e. The summed E-state index contributed by atoms with van der Waals surface area (Å²) in [6.07, 6.45) is 0. The van der Waals surface area contributed by atoms with Crippen molar-refractivity contribution in [3.63, 3.8) is 0 Å². The standard InChI is InChI=1S/C13H20N2O3S/c1-6(2)10(14)11(16)15-12-9(13(17)18-5)7(3)8(4)19-12/h6,10H,14H2,1-5H3,(H,15,16). The van der Waals surface area contributed by atoms with Crippen LogP contribution in [0.4, 0.5) is 5.00 Å². The Kier molecular flexibility index (Phi) is 5.08. The van der Waals surface area contributed by atoms with Gasteiger partial charge in [-0.25, -0.2) is 4.79 Å². The van der Waals surface area contributed by atoms with Crippen molar-refractivity contribution in [3.8, 4) is 0 Å². The maximum Gasteiger partial charge on any atom is 0.341 e. The van der Waals surface area contributed by atoms with Gasteiger partial charge in [0.1, 0.15) is 5.00 Å². The van der Waals surface area contributed by atoms with Crippen LogP contribution in [0.3, 0.4) is 0 Å². The van der Waals surface area contributed by atoms with E-state index >= 15 is 0 Å². The van der Waals surface area contributed by atoms with Crippen molar-refractivity contribution in [2.45, 2.75) is 33.7 Å². The Morgan fingerprint density at radius 3 is 2.37 bits per heavy atom. The highest BCUT2D eigenvalue weighted by molar-refractivity contribution is 7.16. The van der Waals surface area contributed by atoms with E-state index < -0.39 is 12.0 Å². The molecule has 1 atom stereocenters. The zero-order valence-electron chi connectivity index (χ0n) is 11.9. The molecule has 0 aliphatic heterocycles. The van der Waals surface area contributed by atoms with Gasteiger partial charge in [0.2, 0.25) is 5.91 Å². The quantitative estimate of drug-likeness (QED) is 0.829. The Labute approximate surface area is 117 Å². The van der Waals surface area contributed by atoms with Crippen LogP contribution in [0.1, 0.15) is 34.6 Å². The van der Waals surface area contributed by atoms with Gasteiger partial charge in [0.25, 0.3) is 0 Å². The minimum atomic E-state index is -0.604. The molecule has 0 saturated heterocycles. The van der Waals surface area contributed by atoms with Gasteiger partial charge in [0, 0.05) is 4.88 Å². The van der Waals surface area contributed by atoms with Gasteiger partial charge in [0.05, 0.1) is 18.7 Å². The lowest BCUT2D eigenvalue weighted by atomic mass is 10.0. The predicted octanol–water partition coefficient (Wildman–Crippen LogP) is 2.07. The third kappa shape index (κ3) is 3.33. The van der Waals surface area contributed by atoms with Crippen LogP contribution in [0, 0.1) is 19.8 Å². The number of aryl methyl sites for hydroxylation is 1. The second kappa shape index (κ2) is 6.16. The maximum absolute atomic E-state index is 12.0. The van der Waals surface area contributed by atoms with Gasteiger partial charge in [-0.3, -0.25) is 4.79 Å². The average molecular weight is 284 g/mol. The molecule has 0 fully saturated rings. The maximum atomic E-state index is 12.0. The lowest BCUT2D eigenvalue weighted by Crippen LogP contribution is -2.39. The van der Waals surface area contributed by atoms with Crippen molar-refractivity contribution in [1.29, 1.82) is 0 Å². The number of hydrogen-bond acceptors (Lipinski definition) is 5. The van der Waals surface area contributed by atoms with E-state index in [2.05, 4.69) is 5.32 Å². The van der Waals surface area contributed by atoms with E-state index in [4.69, 9.17) is 10.5 Å². The van der Waals surface area contributed by atoms with Crippen LogP contribution in [0.5, 0.6) is 0 Å². The highest BCUT2D eigenvalue weighted by atomic mass is 32.1. The fourth-order valence-corrected chi connectivity index (χ4v) is 2.61. The van der Waals surface area contributed by atoms with Gasteiger partial charge >= 0.3 is 5.97 Å². The van der Waals surface area contributed by atoms with Gasteiger partial charge in [0.15, 0.2) is 0 Å². The molecule has 1 amide bonds. The third-order valence-electron chi connectivity index (χ3n) is 3.03. The van der Waals surface area contributed by atoms with Crippen LogP contribution >= 0.6 is 11.3 Å². The van der Waals surface area contributed by atoms with Gasteiger partial charge in [-0.15, -0.1) is 11.3 Å². The summed E-state index contributed by atoms with van der Waals surface area (Å²) in [5.41, 5.74) is 7.02. The molecule has 1 unspecified atom stereocenters. The fraction of sp³-hybridized carbons (Fsp3) is 0.538. The fourth-order valence-electron chi connectivity index (χ4n) is 1.56. The molecule has 0 saturated carbocycles. The number of methoxy groups -OCH3 is 1. The largest absolute Gasteiger partial charge is 0.465 e. The van der Waals surface area contributed by atoms with Crippen LogP contribution in [0.2, 0.25) is 0 Å². The predicted molar refractivity (Wildman–Crippen MR) is 76.6 cm³/mol. The number of rotatable bonds is 4. The smallest absolute Gasteiger partial charge is 0.341 e. The number of carbonyl (C=O) groups excluding carboxylic acids is 2. The Balaban J connectivity index is 3.05. The Bertz CT molecular complexity index is 494. The zero-order valence-corrected chi connectivity index (χ0v) is 12.7. The molecule has 0 radical (unpaired) electrons. The number of esters is 1. The topological polar surface area (TPSA) is 81.4 Å². The van der Waals surface area contributed by atoms with Crippen molar-refractivity contribution >= 4 is 28.2 Å². The van der Waals surface area contributed by atoms with Crippen LogP contribution in [-0.4, -0.2) is 25.0 Å². The molecule has 1 aromatic heterocycles. The number of anilines is 1. The van der Waals surface area contributed by atoms with Gasteiger partial charge < -0.3 is 15.8 Å². The molecule has 0 aromatic carbocycles. The lowest BCUT2D eigenvalue weighted by molar-refractivity contribution is -0.118. The van der Waals surface area contributed by atoms with Crippen molar-refractivity contribution in [2.75, 3.05) is 12.4 Å². The molecule has 1 rings (SSSR count). The van der Waals surface area contributed by atoms with Crippen LogP contribution < -0.4 is 11.1 Å². The number of amides is 1. The van der Waals surface area contributed by atoms with Gasteiger partial charge in [-0.2, -0.15) is 0 Å². The van der Waals surface area contributed by atoms with Crippen LogP contribution in [-0.2, 0) is 9.53 Å². The van der Waals surface area contributed by atoms with Gasteiger partial charge in [-0.1, -0.05) is 13.8 Å². The molecule has 6 heteroatoms.